The number of hydrogen-bond donors (Lipinski definition) is 1. The van der Waals surface area contributed by atoms with Gasteiger partial charge in [-0.25, -0.2) is 0 Å². The fraction of sp³-hybridized carbons (Fsp3) is 0.444. The lowest BCUT2D eigenvalue weighted by molar-refractivity contribution is -0.136. The first-order valence-electron chi connectivity index (χ1n) is 3.94. The first-order chi connectivity index (χ1) is 5.61. The van der Waals surface area contributed by atoms with Gasteiger partial charge in [-0.2, -0.15) is 0 Å². The van der Waals surface area contributed by atoms with Crippen molar-refractivity contribution < 1.29 is 9.90 Å². The highest BCUT2D eigenvalue weighted by Gasteiger charge is 2.04. The van der Waals surface area contributed by atoms with Crippen LogP contribution in [0.5, 0.6) is 0 Å². The van der Waals surface area contributed by atoms with Crippen LogP contribution in [0.3, 0.4) is 0 Å². The van der Waals surface area contributed by atoms with Crippen LogP contribution in [0.15, 0.2) is 12.3 Å². The molecule has 0 aliphatic heterocycles. The van der Waals surface area contributed by atoms with Gasteiger partial charge in [0.2, 0.25) is 0 Å². The summed E-state index contributed by atoms with van der Waals surface area (Å²) in [5.74, 6) is -0.740. The van der Waals surface area contributed by atoms with E-state index >= 15 is 0 Å². The van der Waals surface area contributed by atoms with Crippen LogP contribution in [0.2, 0.25) is 0 Å². The van der Waals surface area contributed by atoms with Crippen molar-refractivity contribution in [1.82, 2.24) is 4.57 Å². The van der Waals surface area contributed by atoms with Crippen molar-refractivity contribution in [3.8, 4) is 0 Å². The lowest BCUT2D eigenvalue weighted by Crippen LogP contribution is -2.02. The second-order valence-electron chi connectivity index (χ2n) is 2.95. The molecule has 1 rings (SSSR count). The van der Waals surface area contributed by atoms with Crippen LogP contribution in [0.4, 0.5) is 0 Å². The summed E-state index contributed by atoms with van der Waals surface area (Å²) < 4.78 is 1.97. The molecule has 12 heavy (non-hydrogen) atoms. The third-order valence-electron chi connectivity index (χ3n) is 2.00. The molecule has 0 unspecified atom stereocenters. The standard InChI is InChI=1S/C9H13NO2/c1-7-5-6-10(2)8(7)3-4-9(11)12/h5-6H,3-4H2,1-2H3,(H,11,12). The molecule has 0 atom stereocenters. The van der Waals surface area contributed by atoms with Crippen molar-refractivity contribution in [2.24, 2.45) is 7.05 Å². The Morgan fingerprint density at radius 3 is 2.75 bits per heavy atom. The lowest BCUT2D eigenvalue weighted by Gasteiger charge is -2.02. The van der Waals surface area contributed by atoms with E-state index in [1.165, 1.54) is 5.56 Å². The lowest BCUT2D eigenvalue weighted by atomic mass is 10.2. The van der Waals surface area contributed by atoms with Gasteiger partial charge in [-0.05, 0) is 25.0 Å². The van der Waals surface area contributed by atoms with Gasteiger partial charge < -0.3 is 9.67 Å². The molecule has 1 aromatic heterocycles. The zero-order valence-corrected chi connectivity index (χ0v) is 7.37. The Kier molecular flexibility index (Phi) is 2.53. The summed E-state index contributed by atoms with van der Waals surface area (Å²) in [4.78, 5) is 10.3. The van der Waals surface area contributed by atoms with Crippen molar-refractivity contribution in [2.75, 3.05) is 0 Å². The third kappa shape index (κ3) is 1.87. The van der Waals surface area contributed by atoms with E-state index in [2.05, 4.69) is 0 Å². The molecule has 0 fully saturated rings. The third-order valence-corrected chi connectivity index (χ3v) is 2.00. The first kappa shape index (κ1) is 8.84. The van der Waals surface area contributed by atoms with Crippen LogP contribution in [-0.4, -0.2) is 15.6 Å². The van der Waals surface area contributed by atoms with E-state index in [-0.39, 0.29) is 6.42 Å². The molecule has 0 saturated heterocycles. The van der Waals surface area contributed by atoms with E-state index in [0.29, 0.717) is 6.42 Å². The van der Waals surface area contributed by atoms with Gasteiger partial charge in [-0.3, -0.25) is 4.79 Å². The molecule has 0 amide bonds. The van der Waals surface area contributed by atoms with Crippen molar-refractivity contribution in [3.05, 3.63) is 23.5 Å². The summed E-state index contributed by atoms with van der Waals surface area (Å²) in [6.45, 7) is 2.00. The van der Waals surface area contributed by atoms with Crippen molar-refractivity contribution in [1.29, 1.82) is 0 Å². The summed E-state index contributed by atoms with van der Waals surface area (Å²) in [6, 6.07) is 2.00. The summed E-state index contributed by atoms with van der Waals surface area (Å²) in [6.07, 6.45) is 2.77. The molecule has 0 saturated carbocycles. The Morgan fingerprint density at radius 2 is 2.33 bits per heavy atom. The normalized spacial score (nSPS) is 10.2. The molecule has 0 bridgehead atoms. The monoisotopic (exact) mass is 167 g/mol. The van der Waals surface area contributed by atoms with Gasteiger partial charge in [0, 0.05) is 18.9 Å². The molecule has 0 radical (unpaired) electrons. The van der Waals surface area contributed by atoms with Crippen LogP contribution in [0, 0.1) is 6.92 Å². The van der Waals surface area contributed by atoms with Crippen LogP contribution < -0.4 is 0 Å². The SMILES string of the molecule is Cc1ccn(C)c1CCC(=O)O. The second kappa shape index (κ2) is 3.43. The second-order valence-corrected chi connectivity index (χ2v) is 2.95. The van der Waals surface area contributed by atoms with Gasteiger partial charge in [0.25, 0.3) is 0 Å². The average molecular weight is 167 g/mol. The van der Waals surface area contributed by atoms with Crippen LogP contribution >= 0.6 is 0 Å². The number of nitrogens with zero attached hydrogens (tertiary/aromatic N) is 1. The van der Waals surface area contributed by atoms with E-state index in [1.54, 1.807) is 0 Å². The highest BCUT2D eigenvalue weighted by molar-refractivity contribution is 5.67. The maximum atomic E-state index is 10.3. The molecule has 1 heterocycles. The van der Waals surface area contributed by atoms with Gasteiger partial charge in [-0.1, -0.05) is 0 Å². The predicted molar refractivity (Wildman–Crippen MR) is 46.1 cm³/mol. The van der Waals surface area contributed by atoms with Gasteiger partial charge in [0.1, 0.15) is 0 Å². The predicted octanol–water partition coefficient (Wildman–Crippen LogP) is 1.35. The molecule has 1 N–H and O–H groups in total. The molecule has 0 aliphatic rings. The fourth-order valence-electron chi connectivity index (χ4n) is 1.29. The number of carboxylic acids is 1. The van der Waals surface area contributed by atoms with Gasteiger partial charge in [-0.15, -0.1) is 0 Å². The van der Waals surface area contributed by atoms with Crippen LogP contribution in [0.25, 0.3) is 0 Å². The quantitative estimate of drug-likeness (QED) is 0.738. The van der Waals surface area contributed by atoms with Crippen molar-refractivity contribution >= 4 is 5.97 Å². The van der Waals surface area contributed by atoms with Gasteiger partial charge in [0.15, 0.2) is 0 Å². The highest BCUT2D eigenvalue weighted by Crippen LogP contribution is 2.10. The average Bonchev–Trinajstić information content (AvgIpc) is 2.28. The Morgan fingerprint density at radius 1 is 1.67 bits per heavy atom. The first-order valence-corrected chi connectivity index (χ1v) is 3.94. The minimum absolute atomic E-state index is 0.207. The van der Waals surface area contributed by atoms with Crippen molar-refractivity contribution in [3.63, 3.8) is 0 Å². The summed E-state index contributed by atoms with van der Waals surface area (Å²) in [5, 5.41) is 8.48. The van der Waals surface area contributed by atoms with E-state index in [0.717, 1.165) is 5.69 Å². The summed E-state index contributed by atoms with van der Waals surface area (Å²) >= 11 is 0. The van der Waals surface area contributed by atoms with E-state index in [4.69, 9.17) is 5.11 Å². The molecule has 0 spiro atoms. The Labute approximate surface area is 71.6 Å². The zero-order valence-electron chi connectivity index (χ0n) is 7.37. The Balaban J connectivity index is 2.68. The summed E-state index contributed by atoms with van der Waals surface area (Å²) in [5.41, 5.74) is 2.27. The number of rotatable bonds is 3. The molecular weight excluding hydrogens is 154 g/mol. The fourth-order valence-corrected chi connectivity index (χ4v) is 1.29. The van der Waals surface area contributed by atoms with E-state index in [9.17, 15) is 4.79 Å². The smallest absolute Gasteiger partial charge is 0.303 e. The van der Waals surface area contributed by atoms with Gasteiger partial charge >= 0.3 is 5.97 Å². The molecule has 3 heteroatoms. The van der Waals surface area contributed by atoms with E-state index < -0.39 is 5.97 Å². The molecule has 0 aromatic carbocycles. The Hall–Kier alpha value is -1.25. The number of carbonyl (C=O) groups is 1. The number of hydrogen-bond acceptors (Lipinski definition) is 1. The largest absolute Gasteiger partial charge is 0.481 e. The van der Waals surface area contributed by atoms with Gasteiger partial charge in [0.05, 0.1) is 6.42 Å². The number of carboxylic acid groups (broad SMARTS) is 1. The van der Waals surface area contributed by atoms with Crippen LogP contribution in [0.1, 0.15) is 17.7 Å². The highest BCUT2D eigenvalue weighted by atomic mass is 16.4. The molecular formula is C9H13NO2. The zero-order chi connectivity index (χ0) is 9.14. The number of aromatic nitrogens is 1. The topological polar surface area (TPSA) is 42.2 Å². The molecule has 0 aliphatic carbocycles. The number of aryl methyl sites for hydroxylation is 2. The minimum atomic E-state index is -0.740. The maximum absolute atomic E-state index is 10.3. The maximum Gasteiger partial charge on any atom is 0.303 e. The molecule has 66 valence electrons. The Bertz CT molecular complexity index is 269. The molecule has 3 nitrogen and oxygen atoms in total. The van der Waals surface area contributed by atoms with E-state index in [1.807, 2.05) is 30.8 Å². The van der Waals surface area contributed by atoms with Crippen LogP contribution in [-0.2, 0) is 18.3 Å². The molecule has 1 aromatic rings. The van der Waals surface area contributed by atoms with Crippen molar-refractivity contribution in [2.45, 2.75) is 19.8 Å². The number of aliphatic carboxylic acids is 1. The minimum Gasteiger partial charge on any atom is -0.481 e. The summed E-state index contributed by atoms with van der Waals surface area (Å²) in [7, 11) is 1.93.